The lowest BCUT2D eigenvalue weighted by Crippen LogP contribution is -2.60. The average Bonchev–Trinajstić information content (AvgIpc) is 2.58. The summed E-state index contributed by atoms with van der Waals surface area (Å²) in [6.07, 6.45) is -5.20. The number of hydrogen-bond acceptors (Lipinski definition) is 3. The van der Waals surface area contributed by atoms with E-state index in [1.54, 1.807) is 20.8 Å². The number of hydrogen-bond donors (Lipinski definition) is 1. The van der Waals surface area contributed by atoms with Crippen molar-refractivity contribution in [1.82, 2.24) is 9.88 Å². The molecule has 0 fully saturated rings. The minimum absolute atomic E-state index is 0.0896. The predicted octanol–water partition coefficient (Wildman–Crippen LogP) is 5.77. The highest BCUT2D eigenvalue weighted by molar-refractivity contribution is 6.29. The van der Waals surface area contributed by atoms with Gasteiger partial charge in [0.05, 0.1) is 5.56 Å². The highest BCUT2D eigenvalue weighted by atomic mass is 35.5. The number of carbonyl (C=O) groups is 2. The molecule has 0 spiro atoms. The average molecular weight is 447 g/mol. The second-order valence-corrected chi connectivity index (χ2v) is 8.14. The van der Waals surface area contributed by atoms with E-state index in [0.29, 0.717) is 12.1 Å². The van der Waals surface area contributed by atoms with Crippen molar-refractivity contribution >= 4 is 23.5 Å². The quantitative estimate of drug-likeness (QED) is 0.368. The van der Waals surface area contributed by atoms with E-state index in [1.807, 2.05) is 0 Å². The number of rotatable bonds is 4. The molecule has 0 aliphatic rings. The third-order valence-corrected chi connectivity index (χ3v) is 4.80. The number of pyridine rings is 1. The number of benzene rings is 1. The van der Waals surface area contributed by atoms with Gasteiger partial charge in [0.1, 0.15) is 16.5 Å². The summed E-state index contributed by atoms with van der Waals surface area (Å²) in [4.78, 5) is 30.3. The predicted molar refractivity (Wildman–Crippen MR) is 102 cm³/mol. The number of nitrogens with zero attached hydrogens (tertiary/aromatic N) is 2. The van der Waals surface area contributed by atoms with Crippen LogP contribution in [0.15, 0.2) is 36.5 Å². The first-order chi connectivity index (χ1) is 13.6. The van der Waals surface area contributed by atoms with Gasteiger partial charge in [-0.1, -0.05) is 23.7 Å². The van der Waals surface area contributed by atoms with Gasteiger partial charge in [-0.3, -0.25) is 9.69 Å². The van der Waals surface area contributed by atoms with Crippen LogP contribution in [0.2, 0.25) is 5.15 Å². The van der Waals surface area contributed by atoms with Crippen LogP contribution in [-0.4, -0.2) is 32.4 Å². The van der Waals surface area contributed by atoms with Crippen LogP contribution in [0.5, 0.6) is 0 Å². The Morgan fingerprint density at radius 1 is 1.07 bits per heavy atom. The lowest BCUT2D eigenvalue weighted by atomic mass is 9.80. The highest BCUT2D eigenvalue weighted by Crippen LogP contribution is 2.39. The van der Waals surface area contributed by atoms with Crippen LogP contribution in [0.25, 0.3) is 0 Å². The molecule has 0 radical (unpaired) electrons. The summed E-state index contributed by atoms with van der Waals surface area (Å²) in [5.74, 6) is -2.56. The number of ketones is 1. The van der Waals surface area contributed by atoms with Gasteiger partial charge >= 0.3 is 12.3 Å². The van der Waals surface area contributed by atoms with Gasteiger partial charge in [-0.15, -0.1) is 0 Å². The van der Waals surface area contributed by atoms with Crippen molar-refractivity contribution in [2.45, 2.75) is 44.9 Å². The van der Waals surface area contributed by atoms with E-state index in [9.17, 15) is 32.3 Å². The Labute approximate surface area is 175 Å². The maximum atomic E-state index is 14.1. The van der Waals surface area contributed by atoms with Gasteiger partial charge in [0.2, 0.25) is 0 Å². The summed E-state index contributed by atoms with van der Waals surface area (Å²) in [6, 6.07) is 4.45. The van der Waals surface area contributed by atoms with Crippen LogP contribution >= 0.6 is 11.6 Å². The van der Waals surface area contributed by atoms with Gasteiger partial charge in [-0.25, -0.2) is 14.2 Å². The summed E-state index contributed by atoms with van der Waals surface area (Å²) in [5.41, 5.74) is -4.88. The molecule has 5 nitrogen and oxygen atoms in total. The van der Waals surface area contributed by atoms with Crippen LogP contribution in [0.3, 0.4) is 0 Å². The van der Waals surface area contributed by atoms with Crippen LogP contribution in [0.1, 0.15) is 49.2 Å². The molecular formula is C20H19ClF4N2O3. The van der Waals surface area contributed by atoms with Crippen molar-refractivity contribution in [2.24, 2.45) is 0 Å². The Hall–Kier alpha value is -2.68. The van der Waals surface area contributed by atoms with E-state index in [2.05, 4.69) is 4.98 Å². The molecule has 0 saturated heterocycles. The fraction of sp³-hybridized carbons (Fsp3) is 0.350. The van der Waals surface area contributed by atoms with E-state index in [0.717, 1.165) is 11.0 Å². The summed E-state index contributed by atoms with van der Waals surface area (Å²) >= 11 is 5.79. The van der Waals surface area contributed by atoms with Gasteiger partial charge in [0.15, 0.2) is 5.78 Å². The van der Waals surface area contributed by atoms with Gasteiger partial charge in [-0.05, 0) is 45.9 Å². The van der Waals surface area contributed by atoms with Gasteiger partial charge < -0.3 is 5.11 Å². The van der Waals surface area contributed by atoms with Crippen molar-refractivity contribution in [1.29, 1.82) is 0 Å². The van der Waals surface area contributed by atoms with Gasteiger partial charge in [0.25, 0.3) is 0 Å². The zero-order chi connectivity index (χ0) is 23.1. The molecule has 0 aliphatic heterocycles. The van der Waals surface area contributed by atoms with E-state index in [-0.39, 0.29) is 10.7 Å². The Morgan fingerprint density at radius 2 is 1.67 bits per heavy atom. The molecule has 10 heteroatoms. The first kappa shape index (κ1) is 23.6. The fourth-order valence-electron chi connectivity index (χ4n) is 3.34. The second-order valence-electron chi connectivity index (χ2n) is 7.75. The molecule has 0 bridgehead atoms. The Morgan fingerprint density at radius 3 is 2.07 bits per heavy atom. The Balaban J connectivity index is 2.74. The molecule has 2 aromatic rings. The van der Waals surface area contributed by atoms with Crippen molar-refractivity contribution in [3.05, 3.63) is 64.2 Å². The number of carbonyl (C=O) groups excluding carboxylic acids is 1. The first-order valence-corrected chi connectivity index (χ1v) is 9.04. The molecule has 1 amide bonds. The molecule has 2 rings (SSSR count). The van der Waals surface area contributed by atoms with E-state index in [1.165, 1.54) is 25.3 Å². The zero-order valence-electron chi connectivity index (χ0n) is 16.5. The molecule has 0 aliphatic carbocycles. The Bertz CT molecular complexity index is 971. The molecule has 1 atom stereocenters. The Kier molecular flexibility index (Phi) is 6.19. The first-order valence-electron chi connectivity index (χ1n) is 8.67. The number of Topliss-reactive ketones (excluding diaryl/α,β-unsaturated/α-hetero) is 1. The minimum Gasteiger partial charge on any atom is -0.465 e. The van der Waals surface area contributed by atoms with Crippen molar-refractivity contribution in [3.63, 3.8) is 0 Å². The highest BCUT2D eigenvalue weighted by Gasteiger charge is 2.49. The van der Waals surface area contributed by atoms with Crippen LogP contribution < -0.4 is 0 Å². The smallest absolute Gasteiger partial charge is 0.419 e. The van der Waals surface area contributed by atoms with Crippen LogP contribution in [-0.2, 0) is 11.7 Å². The van der Waals surface area contributed by atoms with Gasteiger partial charge in [-0.2, -0.15) is 13.2 Å². The maximum absolute atomic E-state index is 14.1. The number of aromatic nitrogens is 1. The molecule has 1 unspecified atom stereocenters. The largest absolute Gasteiger partial charge is 0.465 e. The number of alkyl halides is 3. The third kappa shape index (κ3) is 4.40. The maximum Gasteiger partial charge on any atom is 0.419 e. The molecule has 1 N–H and O–H groups in total. The summed E-state index contributed by atoms with van der Waals surface area (Å²) in [7, 11) is 0. The van der Waals surface area contributed by atoms with E-state index in [4.69, 9.17) is 11.6 Å². The van der Waals surface area contributed by atoms with Crippen LogP contribution in [0, 0.1) is 5.82 Å². The van der Waals surface area contributed by atoms with Gasteiger partial charge in [0, 0.05) is 22.9 Å². The lowest BCUT2D eigenvalue weighted by Gasteiger charge is -2.46. The van der Waals surface area contributed by atoms with Crippen molar-refractivity contribution in [3.8, 4) is 0 Å². The summed E-state index contributed by atoms with van der Waals surface area (Å²) in [6.45, 7) is 5.92. The SMILES string of the molecule is CC(C)(C)N(C(=O)O)C(C)(C(=O)c1ccc(C(F)(F)F)c(F)c1)c1ccc(Cl)nc1. The summed E-state index contributed by atoms with van der Waals surface area (Å²) < 4.78 is 52.7. The standard InChI is InChI=1S/C20H19ClF4N2O3/c1-18(2,3)27(17(29)30)19(4,12-6-8-15(21)26-10-12)16(28)11-5-7-13(14(22)9-11)20(23,24)25/h5-10H,1-4H3,(H,29,30). The van der Waals surface area contributed by atoms with Crippen LogP contribution in [0.4, 0.5) is 22.4 Å². The zero-order valence-corrected chi connectivity index (χ0v) is 17.3. The topological polar surface area (TPSA) is 70.5 Å². The molecule has 162 valence electrons. The number of amides is 1. The monoisotopic (exact) mass is 446 g/mol. The fourth-order valence-corrected chi connectivity index (χ4v) is 3.45. The molecule has 1 heterocycles. The second kappa shape index (κ2) is 7.86. The number of halogens is 5. The minimum atomic E-state index is -4.94. The molecule has 30 heavy (non-hydrogen) atoms. The van der Waals surface area contributed by atoms with E-state index < -0.39 is 46.1 Å². The summed E-state index contributed by atoms with van der Waals surface area (Å²) in [5, 5.41) is 9.96. The lowest BCUT2D eigenvalue weighted by molar-refractivity contribution is -0.140. The van der Waals surface area contributed by atoms with Crippen molar-refractivity contribution in [2.75, 3.05) is 0 Å². The number of carboxylic acid groups (broad SMARTS) is 1. The van der Waals surface area contributed by atoms with Crippen molar-refractivity contribution < 1.29 is 32.3 Å². The normalized spacial score (nSPS) is 14.2. The molecule has 1 aromatic carbocycles. The van der Waals surface area contributed by atoms with E-state index >= 15 is 0 Å². The third-order valence-electron chi connectivity index (χ3n) is 4.58. The molecule has 0 saturated carbocycles. The molecular weight excluding hydrogens is 428 g/mol. The molecule has 1 aromatic heterocycles.